The Balaban J connectivity index is 1.39. The number of amides is 1. The van der Waals surface area contributed by atoms with Crippen molar-refractivity contribution in [3.63, 3.8) is 0 Å². The Hall–Kier alpha value is -1.57. The van der Waals surface area contributed by atoms with Gasteiger partial charge in [0.25, 0.3) is 0 Å². The maximum absolute atomic E-state index is 13.1. The zero-order valence-corrected chi connectivity index (χ0v) is 19.8. The Bertz CT molecular complexity index is 1030. The summed E-state index contributed by atoms with van der Waals surface area (Å²) in [4.78, 5) is 14.4. The molecular weight excluding hydrogens is 456 g/mol. The van der Waals surface area contributed by atoms with E-state index in [1.807, 2.05) is 11.8 Å². The molecule has 0 aromatic heterocycles. The van der Waals surface area contributed by atoms with E-state index < -0.39 is 20.0 Å². The summed E-state index contributed by atoms with van der Waals surface area (Å²) < 4.78 is 59.6. The number of rotatable bonds is 7. The molecule has 12 heteroatoms. The number of sulfonamides is 2. The summed E-state index contributed by atoms with van der Waals surface area (Å²) in [5.41, 5.74) is 0. The minimum Gasteiger partial charge on any atom is -0.379 e. The SMILES string of the molecule is C[C@@H](C(=O)NC1CC1)N1CCN(S(=O)(=O)c2ccc(S(=O)(=O)N3CCOCC3)cc2)CC1. The third kappa shape index (κ3) is 5.00. The third-order valence-electron chi connectivity index (χ3n) is 6.19. The molecule has 1 aromatic rings. The topological polar surface area (TPSA) is 116 Å². The molecule has 2 heterocycles. The van der Waals surface area contributed by atoms with Crippen molar-refractivity contribution in [3.05, 3.63) is 24.3 Å². The lowest BCUT2D eigenvalue weighted by atomic mass is 10.2. The van der Waals surface area contributed by atoms with Crippen LogP contribution in [0, 0.1) is 0 Å². The molecular formula is C20H30N4O6S2. The highest BCUT2D eigenvalue weighted by Gasteiger charge is 2.34. The molecule has 1 aliphatic carbocycles. The number of ether oxygens (including phenoxy) is 1. The van der Waals surface area contributed by atoms with E-state index in [0.717, 1.165) is 12.8 Å². The van der Waals surface area contributed by atoms with Gasteiger partial charge in [-0.05, 0) is 44.0 Å². The summed E-state index contributed by atoms with van der Waals surface area (Å²) in [6, 6.07) is 5.38. The molecule has 1 amide bonds. The smallest absolute Gasteiger partial charge is 0.243 e. The molecule has 0 unspecified atom stereocenters. The average Bonchev–Trinajstić information content (AvgIpc) is 3.63. The lowest BCUT2D eigenvalue weighted by Gasteiger charge is -2.36. The summed E-state index contributed by atoms with van der Waals surface area (Å²) in [6.45, 7) is 4.57. The van der Waals surface area contributed by atoms with Gasteiger partial charge in [-0.1, -0.05) is 0 Å². The number of carbonyl (C=O) groups is 1. The van der Waals surface area contributed by atoms with E-state index in [4.69, 9.17) is 4.74 Å². The maximum Gasteiger partial charge on any atom is 0.243 e. The number of benzene rings is 1. The van der Waals surface area contributed by atoms with Crippen molar-refractivity contribution in [3.8, 4) is 0 Å². The van der Waals surface area contributed by atoms with Gasteiger partial charge in [-0.15, -0.1) is 0 Å². The lowest BCUT2D eigenvalue weighted by Crippen LogP contribution is -2.55. The Morgan fingerprint density at radius 1 is 0.875 bits per heavy atom. The molecule has 1 N–H and O–H groups in total. The van der Waals surface area contributed by atoms with Gasteiger partial charge in [0.1, 0.15) is 0 Å². The molecule has 32 heavy (non-hydrogen) atoms. The van der Waals surface area contributed by atoms with Crippen LogP contribution in [0.3, 0.4) is 0 Å². The highest BCUT2D eigenvalue weighted by atomic mass is 32.2. The first-order valence-corrected chi connectivity index (χ1v) is 13.8. The van der Waals surface area contributed by atoms with Gasteiger partial charge in [0.15, 0.2) is 0 Å². The second-order valence-electron chi connectivity index (χ2n) is 8.39. The molecule has 3 fully saturated rings. The first-order chi connectivity index (χ1) is 15.2. The Labute approximate surface area is 189 Å². The van der Waals surface area contributed by atoms with E-state index in [-0.39, 0.29) is 47.9 Å². The van der Waals surface area contributed by atoms with Gasteiger partial charge < -0.3 is 10.1 Å². The highest BCUT2D eigenvalue weighted by molar-refractivity contribution is 7.89. The second kappa shape index (κ2) is 9.35. The fourth-order valence-corrected chi connectivity index (χ4v) is 6.75. The fourth-order valence-electron chi connectivity index (χ4n) is 3.92. The number of hydrogen-bond acceptors (Lipinski definition) is 7. The monoisotopic (exact) mass is 486 g/mol. The summed E-state index contributed by atoms with van der Waals surface area (Å²) in [7, 11) is -7.43. The Kier molecular flexibility index (Phi) is 6.89. The van der Waals surface area contributed by atoms with Crippen molar-refractivity contribution in [1.82, 2.24) is 18.8 Å². The number of nitrogens with zero attached hydrogens (tertiary/aromatic N) is 3. The van der Waals surface area contributed by atoms with Gasteiger partial charge in [0.05, 0.1) is 29.0 Å². The van der Waals surface area contributed by atoms with E-state index in [2.05, 4.69) is 5.32 Å². The number of nitrogens with one attached hydrogen (secondary N) is 1. The average molecular weight is 487 g/mol. The fraction of sp³-hybridized carbons (Fsp3) is 0.650. The number of carbonyl (C=O) groups excluding carboxylic acids is 1. The van der Waals surface area contributed by atoms with Crippen molar-refractivity contribution >= 4 is 26.0 Å². The van der Waals surface area contributed by atoms with Crippen molar-refractivity contribution < 1.29 is 26.4 Å². The van der Waals surface area contributed by atoms with Crippen LogP contribution in [-0.2, 0) is 29.6 Å². The van der Waals surface area contributed by atoms with E-state index in [1.54, 1.807) is 0 Å². The van der Waals surface area contributed by atoms with Crippen molar-refractivity contribution in [2.45, 2.75) is 41.6 Å². The van der Waals surface area contributed by atoms with Gasteiger partial charge in [0, 0.05) is 45.3 Å². The van der Waals surface area contributed by atoms with Crippen LogP contribution in [0.1, 0.15) is 19.8 Å². The van der Waals surface area contributed by atoms with E-state index in [1.165, 1.54) is 32.9 Å². The van der Waals surface area contributed by atoms with Crippen LogP contribution in [0.5, 0.6) is 0 Å². The van der Waals surface area contributed by atoms with Crippen LogP contribution in [0.2, 0.25) is 0 Å². The quantitative estimate of drug-likeness (QED) is 0.562. The van der Waals surface area contributed by atoms with Gasteiger partial charge in [-0.2, -0.15) is 8.61 Å². The second-order valence-corrected chi connectivity index (χ2v) is 12.3. The normalized spacial score (nSPS) is 23.0. The van der Waals surface area contributed by atoms with Gasteiger partial charge in [0.2, 0.25) is 26.0 Å². The predicted molar refractivity (Wildman–Crippen MR) is 117 cm³/mol. The first-order valence-electron chi connectivity index (χ1n) is 10.9. The van der Waals surface area contributed by atoms with Crippen LogP contribution >= 0.6 is 0 Å². The van der Waals surface area contributed by atoms with Gasteiger partial charge in [-0.25, -0.2) is 16.8 Å². The predicted octanol–water partition coefficient (Wildman–Crippen LogP) is -0.319. The number of morpholine rings is 1. The molecule has 1 atom stereocenters. The van der Waals surface area contributed by atoms with Crippen molar-refractivity contribution in [2.24, 2.45) is 0 Å². The van der Waals surface area contributed by atoms with Crippen LogP contribution in [0.15, 0.2) is 34.1 Å². The van der Waals surface area contributed by atoms with Gasteiger partial charge in [-0.3, -0.25) is 9.69 Å². The van der Waals surface area contributed by atoms with E-state index in [0.29, 0.717) is 32.3 Å². The minimum absolute atomic E-state index is 0.0131. The summed E-state index contributed by atoms with van der Waals surface area (Å²) in [5.74, 6) is -0.0131. The van der Waals surface area contributed by atoms with Crippen LogP contribution < -0.4 is 5.32 Å². The summed E-state index contributed by atoms with van der Waals surface area (Å²) in [6.07, 6.45) is 2.05. The molecule has 10 nitrogen and oxygen atoms in total. The number of hydrogen-bond donors (Lipinski definition) is 1. The van der Waals surface area contributed by atoms with E-state index >= 15 is 0 Å². The molecule has 1 saturated carbocycles. The third-order valence-corrected chi connectivity index (χ3v) is 10.0. The van der Waals surface area contributed by atoms with Crippen molar-refractivity contribution in [1.29, 1.82) is 0 Å². The molecule has 0 bridgehead atoms. The number of piperazine rings is 1. The standard InChI is InChI=1S/C20H30N4O6S2/c1-16(20(25)21-17-2-3-17)22-8-10-23(11-9-22)31(26,27)18-4-6-19(7-5-18)32(28,29)24-12-14-30-15-13-24/h4-7,16-17H,2-3,8-15H2,1H3,(H,21,25)/t16-/m0/s1. The lowest BCUT2D eigenvalue weighted by molar-refractivity contribution is -0.126. The minimum atomic E-state index is -3.75. The summed E-state index contributed by atoms with van der Waals surface area (Å²) >= 11 is 0. The molecule has 4 rings (SSSR count). The summed E-state index contributed by atoms with van der Waals surface area (Å²) in [5, 5.41) is 2.99. The van der Waals surface area contributed by atoms with Gasteiger partial charge >= 0.3 is 0 Å². The van der Waals surface area contributed by atoms with Crippen molar-refractivity contribution in [2.75, 3.05) is 52.5 Å². The molecule has 0 radical (unpaired) electrons. The maximum atomic E-state index is 13.1. The highest BCUT2D eigenvalue weighted by Crippen LogP contribution is 2.23. The molecule has 0 spiro atoms. The van der Waals surface area contributed by atoms with Crippen LogP contribution in [-0.4, -0.2) is 101 Å². The first kappa shape index (κ1) is 23.6. The molecule has 3 aliphatic rings. The largest absolute Gasteiger partial charge is 0.379 e. The molecule has 1 aromatic carbocycles. The Morgan fingerprint density at radius 3 is 1.81 bits per heavy atom. The van der Waals surface area contributed by atoms with E-state index in [9.17, 15) is 21.6 Å². The Morgan fingerprint density at radius 2 is 1.34 bits per heavy atom. The zero-order valence-electron chi connectivity index (χ0n) is 18.1. The van der Waals surface area contributed by atoms with Crippen LogP contribution in [0.4, 0.5) is 0 Å². The molecule has 2 aliphatic heterocycles. The van der Waals surface area contributed by atoms with Crippen LogP contribution in [0.25, 0.3) is 0 Å². The zero-order chi connectivity index (χ0) is 22.9. The molecule has 2 saturated heterocycles. The molecule has 178 valence electrons.